The number of rotatable bonds is 4. The SMILES string of the molecule is CNC(c1cc(OC)ccc1Br)c1cnnn1C. The maximum absolute atomic E-state index is 5.27. The minimum atomic E-state index is 0.00877. The van der Waals surface area contributed by atoms with E-state index in [0.717, 1.165) is 21.5 Å². The van der Waals surface area contributed by atoms with Crippen molar-refractivity contribution in [3.63, 3.8) is 0 Å². The van der Waals surface area contributed by atoms with E-state index in [9.17, 15) is 0 Å². The van der Waals surface area contributed by atoms with Crippen molar-refractivity contribution >= 4 is 15.9 Å². The third kappa shape index (κ3) is 2.39. The molecule has 0 saturated carbocycles. The first-order chi connectivity index (χ1) is 8.67. The fraction of sp³-hybridized carbons (Fsp3) is 0.333. The number of nitrogens with one attached hydrogen (secondary N) is 1. The Balaban J connectivity index is 2.48. The van der Waals surface area contributed by atoms with Crippen molar-refractivity contribution in [3.05, 3.63) is 40.1 Å². The van der Waals surface area contributed by atoms with E-state index in [2.05, 4.69) is 31.6 Å². The molecular formula is C12H15BrN4O. The molecule has 18 heavy (non-hydrogen) atoms. The van der Waals surface area contributed by atoms with Gasteiger partial charge in [0, 0.05) is 11.5 Å². The van der Waals surface area contributed by atoms with Crippen molar-refractivity contribution in [2.24, 2.45) is 7.05 Å². The highest BCUT2D eigenvalue weighted by Crippen LogP contribution is 2.30. The van der Waals surface area contributed by atoms with Crippen LogP contribution in [0, 0.1) is 0 Å². The molecule has 0 aliphatic carbocycles. The maximum atomic E-state index is 5.27. The van der Waals surface area contributed by atoms with Gasteiger partial charge in [-0.3, -0.25) is 4.68 Å². The van der Waals surface area contributed by atoms with Crippen LogP contribution < -0.4 is 10.1 Å². The molecular weight excluding hydrogens is 296 g/mol. The quantitative estimate of drug-likeness (QED) is 0.937. The number of aryl methyl sites for hydroxylation is 1. The van der Waals surface area contributed by atoms with Gasteiger partial charge in [0.15, 0.2) is 0 Å². The highest BCUT2D eigenvalue weighted by molar-refractivity contribution is 9.10. The van der Waals surface area contributed by atoms with Gasteiger partial charge in [-0.2, -0.15) is 0 Å². The van der Waals surface area contributed by atoms with E-state index in [1.54, 1.807) is 18.0 Å². The third-order valence-electron chi connectivity index (χ3n) is 2.85. The predicted molar refractivity (Wildman–Crippen MR) is 72.6 cm³/mol. The number of benzene rings is 1. The second-order valence-corrected chi connectivity index (χ2v) is 4.75. The number of nitrogens with zero attached hydrogens (tertiary/aromatic N) is 3. The van der Waals surface area contributed by atoms with Gasteiger partial charge in [-0.25, -0.2) is 0 Å². The Morgan fingerprint density at radius 1 is 1.44 bits per heavy atom. The van der Waals surface area contributed by atoms with Crippen molar-refractivity contribution in [2.75, 3.05) is 14.2 Å². The van der Waals surface area contributed by atoms with E-state index >= 15 is 0 Å². The molecule has 1 aromatic heterocycles. The fourth-order valence-corrected chi connectivity index (χ4v) is 2.37. The summed E-state index contributed by atoms with van der Waals surface area (Å²) in [5.74, 6) is 0.823. The molecule has 1 N–H and O–H groups in total. The van der Waals surface area contributed by atoms with Crippen molar-refractivity contribution in [1.29, 1.82) is 0 Å². The molecule has 2 aromatic rings. The number of hydrogen-bond acceptors (Lipinski definition) is 4. The van der Waals surface area contributed by atoms with Crippen LogP contribution in [0.25, 0.3) is 0 Å². The van der Waals surface area contributed by atoms with Crippen LogP contribution in [0.5, 0.6) is 5.75 Å². The molecule has 1 unspecified atom stereocenters. The molecule has 0 aliphatic rings. The zero-order chi connectivity index (χ0) is 13.1. The summed E-state index contributed by atoms with van der Waals surface area (Å²) in [5.41, 5.74) is 2.08. The van der Waals surface area contributed by atoms with Gasteiger partial charge >= 0.3 is 0 Å². The van der Waals surface area contributed by atoms with Crippen molar-refractivity contribution in [2.45, 2.75) is 6.04 Å². The predicted octanol–water partition coefficient (Wildman–Crippen LogP) is 1.89. The summed E-state index contributed by atoms with van der Waals surface area (Å²) in [6.07, 6.45) is 1.76. The van der Waals surface area contributed by atoms with Gasteiger partial charge in [0.05, 0.1) is 25.0 Å². The van der Waals surface area contributed by atoms with Gasteiger partial charge in [0.2, 0.25) is 0 Å². The monoisotopic (exact) mass is 310 g/mol. The third-order valence-corrected chi connectivity index (χ3v) is 3.57. The molecule has 0 fully saturated rings. The minimum Gasteiger partial charge on any atom is -0.497 e. The first-order valence-electron chi connectivity index (χ1n) is 5.52. The molecule has 0 amide bonds. The molecule has 1 aromatic carbocycles. The van der Waals surface area contributed by atoms with E-state index < -0.39 is 0 Å². The van der Waals surface area contributed by atoms with Crippen molar-refractivity contribution < 1.29 is 4.74 Å². The molecule has 96 valence electrons. The first-order valence-corrected chi connectivity index (χ1v) is 6.32. The average Bonchev–Trinajstić information content (AvgIpc) is 2.79. The molecule has 0 saturated heterocycles. The smallest absolute Gasteiger partial charge is 0.119 e. The first kappa shape index (κ1) is 13.0. The molecule has 2 rings (SSSR count). The molecule has 0 radical (unpaired) electrons. The Labute approximate surface area is 114 Å². The summed E-state index contributed by atoms with van der Waals surface area (Å²) in [7, 11) is 5.44. The number of methoxy groups -OCH3 is 1. The molecule has 1 heterocycles. The normalized spacial score (nSPS) is 12.4. The minimum absolute atomic E-state index is 0.00877. The fourth-order valence-electron chi connectivity index (χ4n) is 1.89. The van der Waals surface area contributed by atoms with E-state index in [1.807, 2.05) is 32.3 Å². The van der Waals surface area contributed by atoms with Crippen LogP contribution in [0.4, 0.5) is 0 Å². The highest BCUT2D eigenvalue weighted by Gasteiger charge is 2.19. The van der Waals surface area contributed by atoms with Crippen molar-refractivity contribution in [1.82, 2.24) is 20.3 Å². The number of hydrogen-bond donors (Lipinski definition) is 1. The summed E-state index contributed by atoms with van der Waals surface area (Å²) in [6.45, 7) is 0. The zero-order valence-electron chi connectivity index (χ0n) is 10.5. The van der Waals surface area contributed by atoms with Crippen LogP contribution >= 0.6 is 15.9 Å². The van der Waals surface area contributed by atoms with Gasteiger partial charge in [-0.1, -0.05) is 21.1 Å². The van der Waals surface area contributed by atoms with Crippen LogP contribution in [0.2, 0.25) is 0 Å². The summed E-state index contributed by atoms with van der Waals surface area (Å²) >= 11 is 3.57. The van der Waals surface area contributed by atoms with Gasteiger partial charge in [0.25, 0.3) is 0 Å². The molecule has 1 atom stereocenters. The van der Waals surface area contributed by atoms with Gasteiger partial charge < -0.3 is 10.1 Å². The van der Waals surface area contributed by atoms with Crippen LogP contribution in [-0.2, 0) is 7.05 Å². The molecule has 5 nitrogen and oxygen atoms in total. The standard InChI is InChI=1S/C12H15BrN4O/c1-14-12(11-7-15-16-17(11)2)9-6-8(18-3)4-5-10(9)13/h4-7,12,14H,1-3H3. The van der Waals surface area contributed by atoms with Gasteiger partial charge in [-0.05, 0) is 30.8 Å². The van der Waals surface area contributed by atoms with Crippen molar-refractivity contribution in [3.8, 4) is 5.75 Å². The lowest BCUT2D eigenvalue weighted by Crippen LogP contribution is -2.21. The lowest BCUT2D eigenvalue weighted by Gasteiger charge is -2.18. The molecule has 0 spiro atoms. The Morgan fingerprint density at radius 3 is 2.78 bits per heavy atom. The maximum Gasteiger partial charge on any atom is 0.119 e. The van der Waals surface area contributed by atoms with Crippen LogP contribution in [0.15, 0.2) is 28.9 Å². The van der Waals surface area contributed by atoms with Crippen LogP contribution in [0.1, 0.15) is 17.3 Å². The topological polar surface area (TPSA) is 52.0 Å². The van der Waals surface area contributed by atoms with E-state index in [-0.39, 0.29) is 6.04 Å². The Kier molecular flexibility index (Phi) is 3.98. The average molecular weight is 311 g/mol. The second kappa shape index (κ2) is 5.49. The second-order valence-electron chi connectivity index (χ2n) is 3.89. The van der Waals surface area contributed by atoms with Gasteiger partial charge in [0.1, 0.15) is 5.75 Å². The van der Waals surface area contributed by atoms with E-state index in [0.29, 0.717) is 0 Å². The molecule has 6 heteroatoms. The van der Waals surface area contributed by atoms with Crippen LogP contribution in [0.3, 0.4) is 0 Å². The van der Waals surface area contributed by atoms with Gasteiger partial charge in [-0.15, -0.1) is 5.10 Å². The lowest BCUT2D eigenvalue weighted by molar-refractivity contribution is 0.413. The number of aromatic nitrogens is 3. The summed E-state index contributed by atoms with van der Waals surface area (Å²) < 4.78 is 8.04. The summed E-state index contributed by atoms with van der Waals surface area (Å²) in [6, 6.07) is 5.90. The van der Waals surface area contributed by atoms with Crippen LogP contribution in [-0.4, -0.2) is 29.2 Å². The Bertz CT molecular complexity index is 541. The highest BCUT2D eigenvalue weighted by atomic mass is 79.9. The van der Waals surface area contributed by atoms with E-state index in [4.69, 9.17) is 4.74 Å². The molecule has 0 bridgehead atoms. The number of ether oxygens (including phenoxy) is 1. The summed E-state index contributed by atoms with van der Waals surface area (Å²) in [5, 5.41) is 11.1. The largest absolute Gasteiger partial charge is 0.497 e. The Hall–Kier alpha value is -1.40. The number of halogens is 1. The lowest BCUT2D eigenvalue weighted by atomic mass is 10.0. The Morgan fingerprint density at radius 2 is 2.22 bits per heavy atom. The summed E-state index contributed by atoms with van der Waals surface area (Å²) in [4.78, 5) is 0. The molecule has 0 aliphatic heterocycles. The van der Waals surface area contributed by atoms with E-state index in [1.165, 1.54) is 0 Å². The zero-order valence-corrected chi connectivity index (χ0v) is 12.1.